The largest absolute Gasteiger partial charge is 0.489 e. The van der Waals surface area contributed by atoms with Crippen molar-refractivity contribution in [3.05, 3.63) is 77.4 Å². The fraction of sp³-hybridized carbons (Fsp3) is 0.304. The summed E-state index contributed by atoms with van der Waals surface area (Å²) in [5.74, 6) is 0.969. The van der Waals surface area contributed by atoms with Crippen LogP contribution in [0.2, 0.25) is 0 Å². The monoisotopic (exact) mass is 333 g/mol. The molecule has 2 nitrogen and oxygen atoms in total. The van der Waals surface area contributed by atoms with E-state index in [0.29, 0.717) is 12.6 Å². The van der Waals surface area contributed by atoms with Gasteiger partial charge in [0, 0.05) is 18.2 Å². The van der Waals surface area contributed by atoms with E-state index in [4.69, 9.17) is 4.74 Å². The SMILES string of the molecule is CC[C@H](C)NCc1c(OCc2cccc(C)c2)ccc2ccccc12. The molecule has 0 aliphatic carbocycles. The Morgan fingerprint density at radius 3 is 2.64 bits per heavy atom. The molecule has 2 heteroatoms. The van der Waals surface area contributed by atoms with Crippen molar-refractivity contribution in [1.82, 2.24) is 5.32 Å². The van der Waals surface area contributed by atoms with Crippen LogP contribution in [-0.2, 0) is 13.2 Å². The summed E-state index contributed by atoms with van der Waals surface area (Å²) >= 11 is 0. The van der Waals surface area contributed by atoms with Gasteiger partial charge in [-0.2, -0.15) is 0 Å². The minimum Gasteiger partial charge on any atom is -0.489 e. The van der Waals surface area contributed by atoms with Crippen LogP contribution in [0.3, 0.4) is 0 Å². The van der Waals surface area contributed by atoms with Gasteiger partial charge in [0.2, 0.25) is 0 Å². The van der Waals surface area contributed by atoms with Crippen molar-refractivity contribution in [3.63, 3.8) is 0 Å². The zero-order valence-corrected chi connectivity index (χ0v) is 15.4. The topological polar surface area (TPSA) is 21.3 Å². The average molecular weight is 333 g/mol. The van der Waals surface area contributed by atoms with Gasteiger partial charge in [0.05, 0.1) is 0 Å². The maximum absolute atomic E-state index is 6.21. The van der Waals surface area contributed by atoms with Gasteiger partial charge in [-0.15, -0.1) is 0 Å². The highest BCUT2D eigenvalue weighted by atomic mass is 16.5. The van der Waals surface area contributed by atoms with Gasteiger partial charge in [-0.3, -0.25) is 0 Å². The number of hydrogen-bond acceptors (Lipinski definition) is 2. The van der Waals surface area contributed by atoms with Crippen LogP contribution < -0.4 is 10.1 Å². The second kappa shape index (κ2) is 8.17. The van der Waals surface area contributed by atoms with E-state index in [2.05, 4.69) is 86.8 Å². The smallest absolute Gasteiger partial charge is 0.124 e. The first-order valence-corrected chi connectivity index (χ1v) is 9.09. The highest BCUT2D eigenvalue weighted by Crippen LogP contribution is 2.29. The summed E-state index contributed by atoms with van der Waals surface area (Å²) in [5.41, 5.74) is 3.71. The minimum absolute atomic E-state index is 0.489. The molecule has 0 fully saturated rings. The van der Waals surface area contributed by atoms with Crippen molar-refractivity contribution < 1.29 is 4.74 Å². The molecule has 1 N–H and O–H groups in total. The molecule has 0 saturated heterocycles. The van der Waals surface area contributed by atoms with Gasteiger partial charge >= 0.3 is 0 Å². The summed E-state index contributed by atoms with van der Waals surface area (Å²) < 4.78 is 6.21. The molecule has 1 atom stereocenters. The molecule has 0 aliphatic rings. The molecule has 3 aromatic carbocycles. The molecule has 0 aliphatic heterocycles. The Bertz CT molecular complexity index is 840. The predicted octanol–water partition coefficient (Wildman–Crippen LogP) is 5.62. The summed E-state index contributed by atoms with van der Waals surface area (Å²) in [7, 11) is 0. The molecular formula is C23H27NO. The molecule has 3 aromatic rings. The van der Waals surface area contributed by atoms with Gasteiger partial charge < -0.3 is 10.1 Å². The van der Waals surface area contributed by atoms with Gasteiger partial charge in [-0.1, -0.05) is 67.1 Å². The highest BCUT2D eigenvalue weighted by molar-refractivity contribution is 5.87. The van der Waals surface area contributed by atoms with E-state index in [0.717, 1.165) is 18.7 Å². The maximum atomic E-state index is 6.21. The van der Waals surface area contributed by atoms with E-state index in [9.17, 15) is 0 Å². The van der Waals surface area contributed by atoms with Crippen LogP contribution in [0, 0.1) is 6.92 Å². The lowest BCUT2D eigenvalue weighted by molar-refractivity contribution is 0.302. The van der Waals surface area contributed by atoms with Crippen molar-refractivity contribution in [3.8, 4) is 5.75 Å². The second-order valence-electron chi connectivity index (χ2n) is 6.73. The summed E-state index contributed by atoms with van der Waals surface area (Å²) in [6.45, 7) is 7.95. The number of hydrogen-bond donors (Lipinski definition) is 1. The Balaban J connectivity index is 1.87. The molecule has 130 valence electrons. The number of rotatable bonds is 7. The normalized spacial score (nSPS) is 12.3. The molecule has 0 heterocycles. The maximum Gasteiger partial charge on any atom is 0.124 e. The fourth-order valence-electron chi connectivity index (χ4n) is 3.02. The van der Waals surface area contributed by atoms with Crippen LogP contribution >= 0.6 is 0 Å². The molecule has 3 rings (SSSR count). The van der Waals surface area contributed by atoms with E-state index in [-0.39, 0.29) is 0 Å². The van der Waals surface area contributed by atoms with E-state index >= 15 is 0 Å². The molecule has 0 saturated carbocycles. The van der Waals surface area contributed by atoms with E-state index < -0.39 is 0 Å². The Hall–Kier alpha value is -2.32. The van der Waals surface area contributed by atoms with Crippen LogP contribution in [0.25, 0.3) is 10.8 Å². The molecule has 0 aromatic heterocycles. The van der Waals surface area contributed by atoms with Crippen molar-refractivity contribution in [2.75, 3.05) is 0 Å². The predicted molar refractivity (Wildman–Crippen MR) is 106 cm³/mol. The number of benzene rings is 3. The van der Waals surface area contributed by atoms with Crippen LogP contribution in [0.4, 0.5) is 0 Å². The first-order valence-electron chi connectivity index (χ1n) is 9.09. The third-order valence-corrected chi connectivity index (χ3v) is 4.71. The number of fused-ring (bicyclic) bond motifs is 1. The zero-order chi connectivity index (χ0) is 17.6. The van der Waals surface area contributed by atoms with Crippen LogP contribution in [0.1, 0.15) is 37.0 Å². The summed E-state index contributed by atoms with van der Waals surface area (Å²) in [6.07, 6.45) is 1.12. The number of ether oxygens (including phenoxy) is 1. The molecular weight excluding hydrogens is 306 g/mol. The Morgan fingerprint density at radius 2 is 1.84 bits per heavy atom. The Labute approximate surface area is 150 Å². The lowest BCUT2D eigenvalue weighted by Crippen LogP contribution is -2.24. The van der Waals surface area contributed by atoms with Gasteiger partial charge in [-0.25, -0.2) is 0 Å². The van der Waals surface area contributed by atoms with Crippen LogP contribution in [0.15, 0.2) is 60.7 Å². The van der Waals surface area contributed by atoms with E-state index in [1.165, 1.54) is 27.5 Å². The summed E-state index contributed by atoms with van der Waals surface area (Å²) in [5, 5.41) is 6.13. The Morgan fingerprint density at radius 1 is 1.00 bits per heavy atom. The van der Waals surface area contributed by atoms with E-state index in [1.54, 1.807) is 0 Å². The Kier molecular flexibility index (Phi) is 5.72. The third kappa shape index (κ3) is 4.40. The molecule has 0 bridgehead atoms. The first-order chi connectivity index (χ1) is 12.2. The second-order valence-corrected chi connectivity index (χ2v) is 6.73. The summed E-state index contributed by atoms with van der Waals surface area (Å²) in [6, 6.07) is 21.8. The highest BCUT2D eigenvalue weighted by Gasteiger charge is 2.10. The molecule has 0 spiro atoms. The van der Waals surface area contributed by atoms with Gasteiger partial charge in [0.1, 0.15) is 12.4 Å². The lowest BCUT2D eigenvalue weighted by Gasteiger charge is -2.17. The quantitative estimate of drug-likeness (QED) is 0.606. The number of aryl methyl sites for hydroxylation is 1. The molecule has 25 heavy (non-hydrogen) atoms. The van der Waals surface area contributed by atoms with Crippen molar-refractivity contribution in [1.29, 1.82) is 0 Å². The third-order valence-electron chi connectivity index (χ3n) is 4.71. The van der Waals surface area contributed by atoms with Crippen molar-refractivity contribution in [2.45, 2.75) is 46.4 Å². The van der Waals surface area contributed by atoms with Gasteiger partial charge in [-0.05, 0) is 42.7 Å². The minimum atomic E-state index is 0.489. The van der Waals surface area contributed by atoms with Crippen molar-refractivity contribution >= 4 is 10.8 Å². The van der Waals surface area contributed by atoms with Crippen LogP contribution in [0.5, 0.6) is 5.75 Å². The van der Waals surface area contributed by atoms with Crippen LogP contribution in [-0.4, -0.2) is 6.04 Å². The van der Waals surface area contributed by atoms with Gasteiger partial charge in [0.25, 0.3) is 0 Å². The molecule has 0 amide bonds. The van der Waals surface area contributed by atoms with Crippen molar-refractivity contribution in [2.24, 2.45) is 0 Å². The van der Waals surface area contributed by atoms with Gasteiger partial charge in [0.15, 0.2) is 0 Å². The zero-order valence-electron chi connectivity index (χ0n) is 15.4. The molecule has 0 unspecified atom stereocenters. The fourth-order valence-corrected chi connectivity index (χ4v) is 3.02. The standard InChI is InChI=1S/C23H27NO/c1-4-18(3)24-15-22-21-11-6-5-10-20(21)12-13-23(22)25-16-19-9-7-8-17(2)14-19/h5-14,18,24H,4,15-16H2,1-3H3/t18-/m0/s1. The average Bonchev–Trinajstić information content (AvgIpc) is 2.64. The van der Waals surface area contributed by atoms with E-state index in [1.807, 2.05) is 0 Å². The number of nitrogens with one attached hydrogen (secondary N) is 1. The first kappa shape index (κ1) is 17.5. The lowest BCUT2D eigenvalue weighted by atomic mass is 10.0. The summed E-state index contributed by atoms with van der Waals surface area (Å²) in [4.78, 5) is 0. The molecule has 0 radical (unpaired) electrons.